The third-order valence-corrected chi connectivity index (χ3v) is 5.26. The Kier molecular flexibility index (Phi) is 5.65. The summed E-state index contributed by atoms with van der Waals surface area (Å²) in [6.07, 6.45) is 10.3. The zero-order valence-corrected chi connectivity index (χ0v) is 13.3. The first-order chi connectivity index (χ1) is 8.99. The van der Waals surface area contributed by atoms with E-state index in [1.54, 1.807) is 0 Å². The van der Waals surface area contributed by atoms with E-state index in [2.05, 4.69) is 22.9 Å². The predicted octanol–water partition coefficient (Wildman–Crippen LogP) is 5.72. The van der Waals surface area contributed by atoms with Crippen molar-refractivity contribution >= 4 is 15.9 Å². The first kappa shape index (κ1) is 15.7. The van der Waals surface area contributed by atoms with Crippen molar-refractivity contribution in [3.8, 4) is 0 Å². The Labute approximate surface area is 123 Å². The summed E-state index contributed by atoms with van der Waals surface area (Å²) in [5, 5.41) is -3.16. The van der Waals surface area contributed by atoms with Gasteiger partial charge in [0.15, 0.2) is 0 Å². The van der Waals surface area contributed by atoms with Crippen LogP contribution < -0.4 is 0 Å². The second-order valence-corrected chi connectivity index (χ2v) is 7.15. The van der Waals surface area contributed by atoms with Crippen molar-refractivity contribution in [2.75, 3.05) is 0 Å². The molecule has 2 saturated carbocycles. The molecule has 0 aliphatic heterocycles. The smallest absolute Gasteiger partial charge is 0.308 e. The number of halogens is 3. The van der Waals surface area contributed by atoms with E-state index in [1.165, 1.54) is 32.1 Å². The summed E-state index contributed by atoms with van der Waals surface area (Å²) in [4.78, 5) is 0. The molecule has 3 unspecified atom stereocenters. The van der Waals surface area contributed by atoms with Crippen LogP contribution in [0.15, 0.2) is 0 Å². The van der Waals surface area contributed by atoms with Crippen LogP contribution in [0.1, 0.15) is 64.7 Å². The molecule has 0 aromatic heterocycles. The molecule has 1 nitrogen and oxygen atoms in total. The monoisotopic (exact) mass is 338 g/mol. The molecule has 0 N–H and O–H groups in total. The van der Waals surface area contributed by atoms with Gasteiger partial charge in [-0.2, -0.15) is 8.78 Å². The van der Waals surface area contributed by atoms with E-state index in [1.807, 2.05) is 0 Å². The van der Waals surface area contributed by atoms with Gasteiger partial charge in [-0.3, -0.25) is 0 Å². The Morgan fingerprint density at radius 2 is 1.79 bits per heavy atom. The number of rotatable bonds is 4. The highest BCUT2D eigenvalue weighted by Gasteiger charge is 2.38. The van der Waals surface area contributed by atoms with Crippen LogP contribution in [-0.2, 0) is 4.74 Å². The molecule has 2 aliphatic carbocycles. The molecule has 0 bridgehead atoms. The molecule has 2 fully saturated rings. The van der Waals surface area contributed by atoms with Crippen molar-refractivity contribution in [2.24, 2.45) is 17.8 Å². The van der Waals surface area contributed by atoms with Crippen LogP contribution >= 0.6 is 15.9 Å². The van der Waals surface area contributed by atoms with Crippen molar-refractivity contribution in [1.29, 1.82) is 0 Å². The highest BCUT2D eigenvalue weighted by atomic mass is 79.9. The number of hydrogen-bond donors (Lipinski definition) is 0. The second kappa shape index (κ2) is 6.84. The fourth-order valence-electron chi connectivity index (χ4n) is 4.19. The molecular formula is C15H25BrF2O. The van der Waals surface area contributed by atoms with Gasteiger partial charge in [-0.25, -0.2) is 0 Å². The van der Waals surface area contributed by atoms with Gasteiger partial charge in [-0.05, 0) is 37.0 Å². The fourth-order valence-corrected chi connectivity index (χ4v) is 4.46. The first-order valence-electron chi connectivity index (χ1n) is 7.74. The van der Waals surface area contributed by atoms with Crippen LogP contribution in [0.5, 0.6) is 0 Å². The lowest BCUT2D eigenvalue weighted by molar-refractivity contribution is -0.200. The highest BCUT2D eigenvalue weighted by molar-refractivity contribution is 9.09. The van der Waals surface area contributed by atoms with E-state index in [0.29, 0.717) is 5.92 Å². The van der Waals surface area contributed by atoms with Gasteiger partial charge in [-0.1, -0.05) is 45.4 Å². The lowest BCUT2D eigenvalue weighted by Crippen LogP contribution is -2.36. The molecule has 0 radical (unpaired) electrons. The van der Waals surface area contributed by atoms with E-state index in [-0.39, 0.29) is 6.10 Å². The fraction of sp³-hybridized carbons (Fsp3) is 1.00. The highest BCUT2D eigenvalue weighted by Crippen LogP contribution is 2.44. The molecule has 2 rings (SSSR count). The summed E-state index contributed by atoms with van der Waals surface area (Å²) in [6, 6.07) is 0. The van der Waals surface area contributed by atoms with Crippen LogP contribution in [0.3, 0.4) is 0 Å². The second-order valence-electron chi connectivity index (χ2n) is 6.23. The maximum atomic E-state index is 12.9. The Morgan fingerprint density at radius 3 is 2.37 bits per heavy atom. The molecule has 112 valence electrons. The van der Waals surface area contributed by atoms with Crippen LogP contribution in [0.25, 0.3) is 0 Å². The summed E-state index contributed by atoms with van der Waals surface area (Å²) in [6.45, 7) is 2.19. The van der Waals surface area contributed by atoms with Gasteiger partial charge in [-0.15, -0.1) is 0 Å². The molecule has 4 heteroatoms. The summed E-state index contributed by atoms with van der Waals surface area (Å²) < 4.78 is 30.6. The number of alkyl halides is 3. The van der Waals surface area contributed by atoms with Gasteiger partial charge in [0.05, 0.1) is 6.10 Å². The van der Waals surface area contributed by atoms with Crippen molar-refractivity contribution in [2.45, 2.75) is 75.8 Å². The van der Waals surface area contributed by atoms with Gasteiger partial charge in [0.1, 0.15) is 0 Å². The maximum absolute atomic E-state index is 12.9. The molecular weight excluding hydrogens is 314 g/mol. The molecule has 19 heavy (non-hydrogen) atoms. The van der Waals surface area contributed by atoms with Crippen LogP contribution in [-0.4, -0.2) is 11.1 Å². The average Bonchev–Trinajstić information content (AvgIpc) is 2.37. The molecule has 2 aliphatic rings. The third-order valence-electron chi connectivity index (χ3n) is 5.07. The zero-order chi connectivity index (χ0) is 13.9. The summed E-state index contributed by atoms with van der Waals surface area (Å²) in [5.41, 5.74) is 0. The lowest BCUT2D eigenvalue weighted by atomic mass is 9.66. The molecule has 0 aromatic rings. The van der Waals surface area contributed by atoms with Crippen molar-refractivity contribution in [3.05, 3.63) is 0 Å². The quantitative estimate of drug-likeness (QED) is 0.595. The first-order valence-corrected chi connectivity index (χ1v) is 8.53. The van der Waals surface area contributed by atoms with Gasteiger partial charge < -0.3 is 4.74 Å². The summed E-state index contributed by atoms with van der Waals surface area (Å²) >= 11 is 2.29. The largest absolute Gasteiger partial charge is 0.414 e. The van der Waals surface area contributed by atoms with Crippen molar-refractivity contribution < 1.29 is 13.5 Å². The van der Waals surface area contributed by atoms with E-state index in [0.717, 1.165) is 37.5 Å². The maximum Gasteiger partial charge on any atom is 0.414 e. The predicted molar refractivity (Wildman–Crippen MR) is 76.4 cm³/mol. The minimum absolute atomic E-state index is 0.279. The standard InChI is InChI=1S/C15H25BrF2O/c1-2-11-10-13(19-15(16,17)18)8-9-14(11)12-6-4-3-5-7-12/h11-14H,2-10H2,1H3. The minimum Gasteiger partial charge on any atom is -0.308 e. The van der Waals surface area contributed by atoms with Crippen LogP contribution in [0.2, 0.25) is 0 Å². The summed E-state index contributed by atoms with van der Waals surface area (Å²) in [5.74, 6) is 2.15. The van der Waals surface area contributed by atoms with Gasteiger partial charge in [0.2, 0.25) is 0 Å². The van der Waals surface area contributed by atoms with E-state index < -0.39 is 5.02 Å². The van der Waals surface area contributed by atoms with Crippen LogP contribution in [0, 0.1) is 17.8 Å². The molecule has 3 atom stereocenters. The molecule has 0 heterocycles. The lowest BCUT2D eigenvalue weighted by Gasteiger charge is -2.41. The molecule has 0 amide bonds. The zero-order valence-electron chi connectivity index (χ0n) is 11.7. The number of ether oxygens (including phenoxy) is 1. The molecule has 0 saturated heterocycles. The topological polar surface area (TPSA) is 9.23 Å². The Bertz CT molecular complexity index is 274. The number of hydrogen-bond acceptors (Lipinski definition) is 1. The van der Waals surface area contributed by atoms with E-state index in [9.17, 15) is 8.78 Å². The van der Waals surface area contributed by atoms with Gasteiger partial charge in [0, 0.05) is 15.9 Å². The Morgan fingerprint density at radius 1 is 1.11 bits per heavy atom. The Balaban J connectivity index is 1.90. The van der Waals surface area contributed by atoms with Crippen LogP contribution in [0.4, 0.5) is 8.78 Å². The molecule has 0 aromatic carbocycles. The Hall–Kier alpha value is 0.300. The van der Waals surface area contributed by atoms with Gasteiger partial charge >= 0.3 is 5.02 Å². The molecule has 0 spiro atoms. The normalized spacial score (nSPS) is 34.4. The van der Waals surface area contributed by atoms with Crippen molar-refractivity contribution in [3.63, 3.8) is 0 Å². The minimum atomic E-state index is -3.16. The van der Waals surface area contributed by atoms with E-state index >= 15 is 0 Å². The van der Waals surface area contributed by atoms with E-state index in [4.69, 9.17) is 4.74 Å². The van der Waals surface area contributed by atoms with Gasteiger partial charge in [0.25, 0.3) is 0 Å². The average molecular weight is 339 g/mol. The summed E-state index contributed by atoms with van der Waals surface area (Å²) in [7, 11) is 0. The third kappa shape index (κ3) is 4.66. The van der Waals surface area contributed by atoms with Crippen molar-refractivity contribution in [1.82, 2.24) is 0 Å². The SMILES string of the molecule is CCC1CC(OC(F)(F)Br)CCC1C1CCCCC1.